The minimum absolute atomic E-state index is 0.0170. The molecule has 2 aliphatic rings. The minimum Gasteiger partial charge on any atom is -0.403 e. The van der Waals surface area contributed by atoms with Gasteiger partial charge in [0.25, 0.3) is 0 Å². The Hall–Kier alpha value is -0.755. The molecule has 2 rings (SSSR count). The summed E-state index contributed by atoms with van der Waals surface area (Å²) in [6.45, 7) is 7.94. The van der Waals surface area contributed by atoms with Gasteiger partial charge in [0.1, 0.15) is 0 Å². The number of alkyl halides is 3. The van der Waals surface area contributed by atoms with Crippen molar-refractivity contribution in [1.82, 2.24) is 4.90 Å². The van der Waals surface area contributed by atoms with Gasteiger partial charge in [0.05, 0.1) is 11.2 Å². The fourth-order valence-corrected chi connectivity index (χ4v) is 2.64. The molecule has 4 nitrogen and oxygen atoms in total. The third-order valence-corrected chi connectivity index (χ3v) is 4.73. The zero-order valence-corrected chi connectivity index (χ0v) is 12.8. The van der Waals surface area contributed by atoms with E-state index in [9.17, 15) is 18.0 Å². The summed E-state index contributed by atoms with van der Waals surface area (Å²) in [5, 5.41) is 0. The van der Waals surface area contributed by atoms with E-state index >= 15 is 0 Å². The molecule has 2 heterocycles. The van der Waals surface area contributed by atoms with Gasteiger partial charge in [-0.2, -0.15) is 13.2 Å². The lowest BCUT2D eigenvalue weighted by Crippen LogP contribution is -2.46. The van der Waals surface area contributed by atoms with Gasteiger partial charge >= 0.3 is 19.2 Å². The summed E-state index contributed by atoms with van der Waals surface area (Å²) in [6.07, 6.45) is -3.88. The molecule has 0 spiro atoms. The van der Waals surface area contributed by atoms with Crippen LogP contribution in [-0.4, -0.2) is 48.4 Å². The Morgan fingerprint density at radius 1 is 1.10 bits per heavy atom. The lowest BCUT2D eigenvalue weighted by atomic mass is 9.67. The smallest absolute Gasteiger partial charge is 0.403 e. The van der Waals surface area contributed by atoms with Gasteiger partial charge in [-0.05, 0) is 46.4 Å². The number of rotatable bonds is 1. The number of hydrogen-bond acceptors (Lipinski definition) is 3. The van der Waals surface area contributed by atoms with Crippen LogP contribution in [-0.2, 0) is 14.1 Å². The van der Waals surface area contributed by atoms with Crippen LogP contribution in [0.15, 0.2) is 0 Å². The number of likely N-dealkylation sites (tertiary alicyclic amines) is 1. The van der Waals surface area contributed by atoms with Crippen LogP contribution in [0.2, 0.25) is 5.82 Å². The Labute approximate surface area is 123 Å². The Morgan fingerprint density at radius 2 is 1.52 bits per heavy atom. The van der Waals surface area contributed by atoms with Crippen molar-refractivity contribution in [1.29, 1.82) is 0 Å². The Morgan fingerprint density at radius 3 is 1.90 bits per heavy atom. The summed E-state index contributed by atoms with van der Waals surface area (Å²) in [4.78, 5) is 12.1. The van der Waals surface area contributed by atoms with Crippen LogP contribution in [0.5, 0.6) is 0 Å². The van der Waals surface area contributed by atoms with Crippen molar-refractivity contribution in [3.05, 3.63) is 0 Å². The largest absolute Gasteiger partial charge is 0.471 e. The Balaban J connectivity index is 1.93. The highest BCUT2D eigenvalue weighted by atomic mass is 19.4. The van der Waals surface area contributed by atoms with E-state index in [-0.39, 0.29) is 18.9 Å². The Bertz CT molecular complexity index is 401. The van der Waals surface area contributed by atoms with E-state index in [1.165, 1.54) is 0 Å². The normalized spacial score (nSPS) is 26.2. The summed E-state index contributed by atoms with van der Waals surface area (Å²) in [5.74, 6) is -1.74. The molecular formula is C13H21BF3NO3. The molecule has 120 valence electrons. The van der Waals surface area contributed by atoms with Crippen molar-refractivity contribution in [2.24, 2.45) is 0 Å². The first-order valence-corrected chi connectivity index (χ1v) is 7.16. The zero-order valence-electron chi connectivity index (χ0n) is 12.8. The molecule has 2 saturated heterocycles. The van der Waals surface area contributed by atoms with Gasteiger partial charge in [0.2, 0.25) is 0 Å². The predicted molar refractivity (Wildman–Crippen MR) is 71.7 cm³/mol. The number of hydrogen-bond donors (Lipinski definition) is 0. The van der Waals surface area contributed by atoms with Gasteiger partial charge in [0, 0.05) is 13.1 Å². The van der Waals surface area contributed by atoms with E-state index < -0.39 is 30.4 Å². The van der Waals surface area contributed by atoms with Gasteiger partial charge in [-0.15, -0.1) is 0 Å². The highest BCUT2D eigenvalue weighted by Gasteiger charge is 2.54. The van der Waals surface area contributed by atoms with Crippen LogP contribution < -0.4 is 0 Å². The molecule has 2 fully saturated rings. The van der Waals surface area contributed by atoms with E-state index in [0.29, 0.717) is 12.8 Å². The van der Waals surface area contributed by atoms with Crippen LogP contribution in [0.4, 0.5) is 13.2 Å². The number of nitrogens with zero attached hydrogens (tertiary/aromatic N) is 1. The van der Waals surface area contributed by atoms with Crippen LogP contribution in [0.3, 0.4) is 0 Å². The van der Waals surface area contributed by atoms with Crippen molar-refractivity contribution < 1.29 is 27.3 Å². The second-order valence-electron chi connectivity index (χ2n) is 6.75. The molecule has 0 bridgehead atoms. The SMILES string of the molecule is CC1(C)OB(C2CCN(C(=O)C(F)(F)F)CC2)OC1(C)C. The first-order valence-electron chi connectivity index (χ1n) is 7.16. The molecule has 0 atom stereocenters. The average molecular weight is 307 g/mol. The first kappa shape index (κ1) is 16.6. The van der Waals surface area contributed by atoms with E-state index in [1.54, 1.807) is 0 Å². The van der Waals surface area contributed by atoms with Crippen molar-refractivity contribution in [2.75, 3.05) is 13.1 Å². The fraction of sp³-hybridized carbons (Fsp3) is 0.923. The van der Waals surface area contributed by atoms with Crippen molar-refractivity contribution >= 4 is 13.0 Å². The quantitative estimate of drug-likeness (QED) is 0.699. The molecule has 8 heteroatoms. The molecule has 0 aromatic rings. The lowest BCUT2D eigenvalue weighted by Gasteiger charge is -2.33. The van der Waals surface area contributed by atoms with Crippen LogP contribution >= 0.6 is 0 Å². The van der Waals surface area contributed by atoms with Gasteiger partial charge < -0.3 is 14.2 Å². The molecule has 0 N–H and O–H groups in total. The van der Waals surface area contributed by atoms with Gasteiger partial charge in [-0.25, -0.2) is 0 Å². The van der Waals surface area contributed by atoms with Crippen LogP contribution in [0.1, 0.15) is 40.5 Å². The standard InChI is InChI=1S/C13H21BF3NO3/c1-11(2)12(3,4)21-14(20-11)9-5-7-18(8-6-9)10(19)13(15,16)17/h9H,5-8H2,1-4H3. The topological polar surface area (TPSA) is 38.8 Å². The maximum absolute atomic E-state index is 12.4. The van der Waals surface area contributed by atoms with Crippen molar-refractivity contribution in [3.8, 4) is 0 Å². The van der Waals surface area contributed by atoms with E-state index in [4.69, 9.17) is 9.31 Å². The third kappa shape index (κ3) is 3.21. The second-order valence-corrected chi connectivity index (χ2v) is 6.75. The maximum Gasteiger partial charge on any atom is 0.471 e. The molecule has 2 aliphatic heterocycles. The molecule has 0 aliphatic carbocycles. The number of amides is 1. The highest BCUT2D eigenvalue weighted by molar-refractivity contribution is 6.47. The number of halogens is 3. The zero-order chi connectivity index (χ0) is 16.1. The van der Waals surface area contributed by atoms with E-state index in [2.05, 4.69) is 0 Å². The van der Waals surface area contributed by atoms with E-state index in [0.717, 1.165) is 4.90 Å². The van der Waals surface area contributed by atoms with Crippen molar-refractivity contribution in [2.45, 2.75) is 63.7 Å². The minimum atomic E-state index is -4.79. The van der Waals surface area contributed by atoms with Gasteiger partial charge in [-0.3, -0.25) is 4.79 Å². The second kappa shape index (κ2) is 5.16. The summed E-state index contributed by atoms with van der Waals surface area (Å²) >= 11 is 0. The van der Waals surface area contributed by atoms with Crippen LogP contribution in [0.25, 0.3) is 0 Å². The Kier molecular flexibility index (Phi) is 4.08. The molecule has 0 unspecified atom stereocenters. The number of carbonyl (C=O) groups excluding carboxylic acids is 1. The van der Waals surface area contributed by atoms with E-state index in [1.807, 2.05) is 27.7 Å². The summed E-state index contributed by atoms with van der Waals surface area (Å²) in [6, 6.07) is 0. The monoisotopic (exact) mass is 307 g/mol. The number of carbonyl (C=O) groups is 1. The molecule has 0 aromatic carbocycles. The molecule has 1 amide bonds. The predicted octanol–water partition coefficient (Wildman–Crippen LogP) is 2.63. The van der Waals surface area contributed by atoms with Gasteiger partial charge in [0.15, 0.2) is 0 Å². The summed E-state index contributed by atoms with van der Waals surface area (Å²) in [7, 11) is -0.418. The highest BCUT2D eigenvalue weighted by Crippen LogP contribution is 2.42. The third-order valence-electron chi connectivity index (χ3n) is 4.73. The molecule has 0 radical (unpaired) electrons. The summed E-state index contributed by atoms with van der Waals surface area (Å²) in [5.41, 5.74) is -0.896. The van der Waals surface area contributed by atoms with Crippen molar-refractivity contribution in [3.63, 3.8) is 0 Å². The first-order chi connectivity index (χ1) is 9.44. The molecular weight excluding hydrogens is 286 g/mol. The fourth-order valence-electron chi connectivity index (χ4n) is 2.64. The molecule has 21 heavy (non-hydrogen) atoms. The number of piperidine rings is 1. The van der Waals surface area contributed by atoms with Crippen LogP contribution in [0, 0.1) is 0 Å². The summed E-state index contributed by atoms with van der Waals surface area (Å²) < 4.78 is 49.0. The average Bonchev–Trinajstić information content (AvgIpc) is 2.57. The van der Waals surface area contributed by atoms with Gasteiger partial charge in [-0.1, -0.05) is 0 Å². The maximum atomic E-state index is 12.4. The molecule has 0 saturated carbocycles. The molecule has 0 aromatic heterocycles. The lowest BCUT2D eigenvalue weighted by molar-refractivity contribution is -0.186.